The van der Waals surface area contributed by atoms with Gasteiger partial charge in [0.1, 0.15) is 11.6 Å². The number of hydrogen-bond acceptors (Lipinski definition) is 3. The van der Waals surface area contributed by atoms with Gasteiger partial charge in [0, 0.05) is 24.4 Å². The molecule has 0 radical (unpaired) electrons. The zero-order chi connectivity index (χ0) is 12.4. The Kier molecular flexibility index (Phi) is 3.04. The molecule has 0 aliphatic rings. The molecule has 3 nitrogen and oxygen atoms in total. The van der Waals surface area contributed by atoms with Gasteiger partial charge in [-0.05, 0) is 37.6 Å². The maximum Gasteiger partial charge on any atom is 0.161 e. The molecule has 0 amide bonds. The lowest BCUT2D eigenvalue weighted by Crippen LogP contribution is -1.98. The number of nitrogens with zero attached hydrogens (tertiary/aromatic N) is 2. The van der Waals surface area contributed by atoms with Crippen molar-refractivity contribution in [3.8, 4) is 11.4 Å². The Labute approximate surface area is 99.7 Å². The van der Waals surface area contributed by atoms with E-state index >= 15 is 0 Å². The van der Waals surface area contributed by atoms with Gasteiger partial charge in [0.25, 0.3) is 0 Å². The Morgan fingerprint density at radius 2 is 1.88 bits per heavy atom. The van der Waals surface area contributed by atoms with Crippen LogP contribution in [0.4, 0.5) is 10.2 Å². The van der Waals surface area contributed by atoms with Crippen molar-refractivity contribution < 1.29 is 4.39 Å². The second-order valence-electron chi connectivity index (χ2n) is 3.93. The number of hydrogen-bond donors (Lipinski definition) is 1. The van der Waals surface area contributed by atoms with Crippen molar-refractivity contribution in [2.75, 3.05) is 12.4 Å². The standard InChI is InChI=1S/C13H14FN3/c1-8-6-10(4-5-11(8)14)13-16-9(2)7-12(15-3)17-13/h4-7H,1-3H3,(H,15,16,17). The Morgan fingerprint density at radius 3 is 2.53 bits per heavy atom. The van der Waals surface area contributed by atoms with E-state index < -0.39 is 0 Å². The van der Waals surface area contributed by atoms with Crippen molar-refractivity contribution in [1.29, 1.82) is 0 Å². The van der Waals surface area contributed by atoms with Crippen LogP contribution in [0.2, 0.25) is 0 Å². The van der Waals surface area contributed by atoms with Gasteiger partial charge in [-0.3, -0.25) is 0 Å². The first-order valence-corrected chi connectivity index (χ1v) is 5.40. The van der Waals surface area contributed by atoms with Gasteiger partial charge >= 0.3 is 0 Å². The number of aromatic nitrogens is 2. The van der Waals surface area contributed by atoms with Gasteiger partial charge in [-0.1, -0.05) is 0 Å². The summed E-state index contributed by atoms with van der Waals surface area (Å²) >= 11 is 0. The molecular weight excluding hydrogens is 217 g/mol. The lowest BCUT2D eigenvalue weighted by Gasteiger charge is -2.06. The molecule has 0 spiro atoms. The van der Waals surface area contributed by atoms with E-state index in [9.17, 15) is 4.39 Å². The summed E-state index contributed by atoms with van der Waals surface area (Å²) in [6.45, 7) is 3.63. The summed E-state index contributed by atoms with van der Waals surface area (Å²) in [7, 11) is 1.81. The summed E-state index contributed by atoms with van der Waals surface area (Å²) < 4.78 is 13.2. The Balaban J connectivity index is 2.52. The first-order chi connectivity index (χ1) is 8.10. The molecule has 0 atom stereocenters. The molecule has 88 valence electrons. The van der Waals surface area contributed by atoms with Crippen LogP contribution in [-0.2, 0) is 0 Å². The minimum absolute atomic E-state index is 0.213. The monoisotopic (exact) mass is 231 g/mol. The molecule has 4 heteroatoms. The third-order valence-electron chi connectivity index (χ3n) is 2.53. The highest BCUT2D eigenvalue weighted by Gasteiger charge is 2.06. The second kappa shape index (κ2) is 4.49. The quantitative estimate of drug-likeness (QED) is 0.863. The van der Waals surface area contributed by atoms with Gasteiger partial charge in [0.2, 0.25) is 0 Å². The third kappa shape index (κ3) is 2.41. The van der Waals surface area contributed by atoms with Crippen molar-refractivity contribution in [3.05, 3.63) is 41.3 Å². The van der Waals surface area contributed by atoms with Gasteiger partial charge in [0.15, 0.2) is 5.82 Å². The smallest absolute Gasteiger partial charge is 0.161 e. The highest BCUT2D eigenvalue weighted by Crippen LogP contribution is 2.20. The molecular formula is C13H14FN3. The van der Waals surface area contributed by atoms with Gasteiger partial charge in [-0.2, -0.15) is 0 Å². The minimum atomic E-state index is -0.213. The average molecular weight is 231 g/mol. The first-order valence-electron chi connectivity index (χ1n) is 5.40. The summed E-state index contributed by atoms with van der Waals surface area (Å²) in [5.41, 5.74) is 2.30. The van der Waals surface area contributed by atoms with E-state index in [2.05, 4.69) is 15.3 Å². The fourth-order valence-corrected chi connectivity index (χ4v) is 1.61. The molecule has 0 aliphatic carbocycles. The number of rotatable bonds is 2. The lowest BCUT2D eigenvalue weighted by molar-refractivity contribution is 0.618. The number of benzene rings is 1. The summed E-state index contributed by atoms with van der Waals surface area (Å²) in [4.78, 5) is 8.70. The number of nitrogens with one attached hydrogen (secondary N) is 1. The second-order valence-corrected chi connectivity index (χ2v) is 3.93. The average Bonchev–Trinajstić information content (AvgIpc) is 2.32. The Morgan fingerprint density at radius 1 is 1.12 bits per heavy atom. The van der Waals surface area contributed by atoms with Crippen LogP contribution in [0.15, 0.2) is 24.3 Å². The molecule has 2 aromatic rings. The Hall–Kier alpha value is -1.97. The predicted octanol–water partition coefficient (Wildman–Crippen LogP) is 2.94. The molecule has 1 N–H and O–H groups in total. The van der Waals surface area contributed by atoms with Crippen molar-refractivity contribution >= 4 is 5.82 Å². The Bertz CT molecular complexity index is 552. The molecule has 0 saturated heterocycles. The van der Waals surface area contributed by atoms with Crippen LogP contribution in [0, 0.1) is 19.7 Å². The largest absolute Gasteiger partial charge is 0.373 e. The summed E-state index contributed by atoms with van der Waals surface area (Å²) in [6.07, 6.45) is 0. The highest BCUT2D eigenvalue weighted by atomic mass is 19.1. The van der Waals surface area contributed by atoms with E-state index in [1.54, 1.807) is 19.1 Å². The van der Waals surface area contributed by atoms with Crippen LogP contribution in [0.25, 0.3) is 11.4 Å². The SMILES string of the molecule is CNc1cc(C)nc(-c2ccc(F)c(C)c2)n1. The van der Waals surface area contributed by atoms with Crippen molar-refractivity contribution in [1.82, 2.24) is 9.97 Å². The van der Waals surface area contributed by atoms with Crippen LogP contribution >= 0.6 is 0 Å². The molecule has 1 aromatic heterocycles. The topological polar surface area (TPSA) is 37.8 Å². The van der Waals surface area contributed by atoms with Crippen molar-refractivity contribution in [2.45, 2.75) is 13.8 Å². The van der Waals surface area contributed by atoms with E-state index in [1.807, 2.05) is 20.0 Å². The number of anilines is 1. The summed E-state index contributed by atoms with van der Waals surface area (Å²) in [6, 6.07) is 6.75. The highest BCUT2D eigenvalue weighted by molar-refractivity contribution is 5.58. The van der Waals surface area contributed by atoms with Crippen LogP contribution in [0.3, 0.4) is 0 Å². The first kappa shape index (κ1) is 11.5. The van der Waals surface area contributed by atoms with Gasteiger partial charge in [-0.15, -0.1) is 0 Å². The van der Waals surface area contributed by atoms with E-state index in [-0.39, 0.29) is 5.82 Å². The molecule has 0 aliphatic heterocycles. The molecule has 1 aromatic carbocycles. The van der Waals surface area contributed by atoms with Crippen LogP contribution in [0.5, 0.6) is 0 Å². The van der Waals surface area contributed by atoms with E-state index in [0.29, 0.717) is 11.4 Å². The summed E-state index contributed by atoms with van der Waals surface area (Å²) in [5.74, 6) is 1.15. The zero-order valence-electron chi connectivity index (χ0n) is 10.1. The maximum atomic E-state index is 13.2. The van der Waals surface area contributed by atoms with Crippen LogP contribution in [-0.4, -0.2) is 17.0 Å². The van der Waals surface area contributed by atoms with Crippen molar-refractivity contribution in [3.63, 3.8) is 0 Å². The van der Waals surface area contributed by atoms with Gasteiger partial charge < -0.3 is 5.32 Å². The molecule has 0 saturated carbocycles. The normalized spacial score (nSPS) is 10.4. The van der Waals surface area contributed by atoms with Crippen molar-refractivity contribution in [2.24, 2.45) is 0 Å². The van der Waals surface area contributed by atoms with Crippen LogP contribution in [0.1, 0.15) is 11.3 Å². The molecule has 0 bridgehead atoms. The van der Waals surface area contributed by atoms with E-state index in [0.717, 1.165) is 17.1 Å². The molecule has 0 unspecified atom stereocenters. The van der Waals surface area contributed by atoms with Gasteiger partial charge in [0.05, 0.1) is 0 Å². The fourth-order valence-electron chi connectivity index (χ4n) is 1.61. The molecule has 0 fully saturated rings. The molecule has 2 rings (SSSR count). The third-order valence-corrected chi connectivity index (χ3v) is 2.53. The summed E-state index contributed by atoms with van der Waals surface area (Å²) in [5, 5.41) is 2.98. The lowest BCUT2D eigenvalue weighted by atomic mass is 10.1. The maximum absolute atomic E-state index is 13.2. The number of halogens is 1. The van der Waals surface area contributed by atoms with E-state index in [1.165, 1.54) is 6.07 Å². The molecule has 1 heterocycles. The van der Waals surface area contributed by atoms with Crippen LogP contribution < -0.4 is 5.32 Å². The number of aryl methyl sites for hydroxylation is 2. The van der Waals surface area contributed by atoms with E-state index in [4.69, 9.17) is 0 Å². The van der Waals surface area contributed by atoms with Gasteiger partial charge in [-0.25, -0.2) is 14.4 Å². The fraction of sp³-hybridized carbons (Fsp3) is 0.231. The predicted molar refractivity (Wildman–Crippen MR) is 66.4 cm³/mol. The molecule has 17 heavy (non-hydrogen) atoms. The zero-order valence-corrected chi connectivity index (χ0v) is 10.1. The minimum Gasteiger partial charge on any atom is -0.373 e.